The summed E-state index contributed by atoms with van der Waals surface area (Å²) >= 11 is 1.35. The summed E-state index contributed by atoms with van der Waals surface area (Å²) in [5.41, 5.74) is 8.23. The van der Waals surface area contributed by atoms with Crippen LogP contribution < -0.4 is 5.73 Å². The van der Waals surface area contributed by atoms with Gasteiger partial charge in [0.25, 0.3) is 5.91 Å². The number of carbonyl (C=O) groups excluding carboxylic acids is 1. The fourth-order valence-electron chi connectivity index (χ4n) is 6.72. The van der Waals surface area contributed by atoms with Crippen molar-refractivity contribution in [3.63, 3.8) is 0 Å². The van der Waals surface area contributed by atoms with E-state index in [0.29, 0.717) is 23.3 Å². The lowest BCUT2D eigenvalue weighted by molar-refractivity contribution is 0.0156. The summed E-state index contributed by atoms with van der Waals surface area (Å²) in [5.74, 6) is 0.148. The second kappa shape index (κ2) is 7.34. The smallest absolute Gasteiger partial charge is 0.266 e. The third-order valence-electron chi connectivity index (χ3n) is 8.06. The Labute approximate surface area is 183 Å². The number of anilines is 1. The van der Waals surface area contributed by atoms with Gasteiger partial charge in [0.05, 0.1) is 5.69 Å². The molecule has 0 unspecified atom stereocenters. The Bertz CT molecular complexity index is 944. The van der Waals surface area contributed by atoms with Gasteiger partial charge in [-0.15, -0.1) is 0 Å². The molecule has 0 radical (unpaired) electrons. The average Bonchev–Trinajstić information content (AvgIpc) is 3.13. The minimum atomic E-state index is 0.148. The van der Waals surface area contributed by atoms with Crippen molar-refractivity contribution in [2.75, 3.05) is 12.8 Å². The molecule has 30 heavy (non-hydrogen) atoms. The van der Waals surface area contributed by atoms with Crippen LogP contribution in [0.15, 0.2) is 30.3 Å². The minimum absolute atomic E-state index is 0.148. The average molecular weight is 425 g/mol. The summed E-state index contributed by atoms with van der Waals surface area (Å²) in [6.45, 7) is 4.35. The molecule has 2 aliphatic heterocycles. The molecule has 2 aromatic rings. The van der Waals surface area contributed by atoms with Crippen molar-refractivity contribution < 1.29 is 4.79 Å². The highest BCUT2D eigenvalue weighted by molar-refractivity contribution is 7.17. The maximum absolute atomic E-state index is 13.9. The van der Waals surface area contributed by atoms with Crippen molar-refractivity contribution >= 4 is 22.4 Å². The van der Waals surface area contributed by atoms with Crippen LogP contribution in [-0.4, -0.2) is 51.9 Å². The molecular weight excluding hydrogens is 392 g/mol. The van der Waals surface area contributed by atoms with Gasteiger partial charge in [0.1, 0.15) is 4.88 Å². The molecule has 5 atom stereocenters. The molecule has 5 nitrogen and oxygen atoms in total. The van der Waals surface area contributed by atoms with Gasteiger partial charge < -0.3 is 10.6 Å². The van der Waals surface area contributed by atoms with Gasteiger partial charge >= 0.3 is 0 Å². The van der Waals surface area contributed by atoms with Crippen molar-refractivity contribution in [1.29, 1.82) is 0 Å². The highest BCUT2D eigenvalue weighted by Crippen LogP contribution is 2.55. The van der Waals surface area contributed by atoms with E-state index in [2.05, 4.69) is 59.1 Å². The Hall–Kier alpha value is -1.92. The van der Waals surface area contributed by atoms with Gasteiger partial charge in [0, 0.05) is 29.6 Å². The molecule has 1 saturated carbocycles. The van der Waals surface area contributed by atoms with E-state index in [-0.39, 0.29) is 17.4 Å². The first-order valence-electron chi connectivity index (χ1n) is 11.2. The zero-order valence-electron chi connectivity index (χ0n) is 18.2. The molecule has 2 bridgehead atoms. The van der Waals surface area contributed by atoms with E-state index in [4.69, 9.17) is 5.73 Å². The molecule has 0 spiro atoms. The maximum Gasteiger partial charge on any atom is 0.266 e. The first kappa shape index (κ1) is 20.0. The summed E-state index contributed by atoms with van der Waals surface area (Å²) in [7, 11) is 2.30. The van der Waals surface area contributed by atoms with Crippen LogP contribution in [0.3, 0.4) is 0 Å². The van der Waals surface area contributed by atoms with Gasteiger partial charge in [-0.05, 0) is 45.2 Å². The number of fused-ring (bicyclic) bond motifs is 1. The van der Waals surface area contributed by atoms with Gasteiger partial charge in [0.2, 0.25) is 0 Å². The van der Waals surface area contributed by atoms with Crippen molar-refractivity contribution in [2.24, 2.45) is 5.41 Å². The van der Waals surface area contributed by atoms with Crippen molar-refractivity contribution in [1.82, 2.24) is 14.8 Å². The number of nitrogens with zero attached hydrogens (tertiary/aromatic N) is 3. The first-order valence-corrected chi connectivity index (χ1v) is 12.0. The summed E-state index contributed by atoms with van der Waals surface area (Å²) in [5, 5.41) is 0.487. The Kier molecular flexibility index (Phi) is 4.90. The summed E-state index contributed by atoms with van der Waals surface area (Å²) in [6.07, 6.45) is 6.87. The zero-order valence-corrected chi connectivity index (χ0v) is 19.0. The third kappa shape index (κ3) is 2.99. The first-order chi connectivity index (χ1) is 14.4. The Balaban J connectivity index is 1.57. The van der Waals surface area contributed by atoms with E-state index in [9.17, 15) is 4.79 Å². The monoisotopic (exact) mass is 424 g/mol. The number of rotatable bonds is 3. The molecule has 1 aliphatic carbocycles. The summed E-state index contributed by atoms with van der Waals surface area (Å²) in [6, 6.07) is 12.1. The number of benzene rings is 1. The number of carbonyl (C=O) groups is 1. The van der Waals surface area contributed by atoms with Crippen LogP contribution in [0.5, 0.6) is 0 Å². The number of hydrogen-bond acceptors (Lipinski definition) is 5. The molecule has 2 saturated heterocycles. The minimum Gasteiger partial charge on any atom is -0.375 e. The molecular formula is C24H32N4OS. The van der Waals surface area contributed by atoms with Crippen LogP contribution in [-0.2, 0) is 6.42 Å². The maximum atomic E-state index is 13.9. The number of piperidine rings is 1. The highest BCUT2D eigenvalue weighted by atomic mass is 32.1. The van der Waals surface area contributed by atoms with E-state index >= 15 is 0 Å². The predicted octanol–water partition coefficient (Wildman–Crippen LogP) is 4.12. The molecule has 3 aliphatic rings. The van der Waals surface area contributed by atoms with Gasteiger partial charge in [-0.1, -0.05) is 61.4 Å². The lowest BCUT2D eigenvalue weighted by atomic mass is 9.69. The number of amides is 1. The van der Waals surface area contributed by atoms with Crippen LogP contribution in [0, 0.1) is 12.3 Å². The number of likely N-dealkylation sites (N-methyl/N-ethyl adjacent to an activating group) is 1. The summed E-state index contributed by atoms with van der Waals surface area (Å²) < 4.78 is 0. The van der Waals surface area contributed by atoms with E-state index in [1.807, 2.05) is 6.92 Å². The van der Waals surface area contributed by atoms with Crippen molar-refractivity contribution in [3.8, 4) is 0 Å². The Morgan fingerprint density at radius 3 is 2.60 bits per heavy atom. The second-order valence-corrected chi connectivity index (χ2v) is 10.7. The van der Waals surface area contributed by atoms with Gasteiger partial charge in [-0.25, -0.2) is 4.98 Å². The van der Waals surface area contributed by atoms with Crippen LogP contribution in [0.1, 0.15) is 60.0 Å². The fourth-order valence-corrected chi connectivity index (χ4v) is 7.50. The van der Waals surface area contributed by atoms with Gasteiger partial charge in [-0.3, -0.25) is 9.69 Å². The zero-order chi connectivity index (χ0) is 21.0. The van der Waals surface area contributed by atoms with Crippen LogP contribution >= 0.6 is 11.3 Å². The van der Waals surface area contributed by atoms with Crippen molar-refractivity contribution in [3.05, 3.63) is 46.5 Å². The number of thiazole rings is 1. The number of aryl methyl sites for hydroxylation is 1. The standard InChI is InChI=1S/C24H32N4OS/c1-15-21(30-23(25)26-15)22(29)28-18-14-24(2)19(11-7-8-12-20(24)28)27(3)17(18)13-16-9-5-4-6-10-16/h4-6,9-10,17-20H,7-8,11-14H2,1-3H3,(H2,25,26)/t17-,18-,19+,20-,24+/m0/s1. The number of aromatic nitrogens is 1. The molecule has 1 aromatic carbocycles. The van der Waals surface area contributed by atoms with Gasteiger partial charge in [0.15, 0.2) is 5.13 Å². The topological polar surface area (TPSA) is 62.5 Å². The molecule has 6 heteroatoms. The fraction of sp³-hybridized carbons (Fsp3) is 0.583. The second-order valence-electron chi connectivity index (χ2n) is 9.69. The molecule has 160 valence electrons. The van der Waals surface area contributed by atoms with Crippen LogP contribution in [0.25, 0.3) is 0 Å². The number of hydrogen-bond donors (Lipinski definition) is 1. The number of nitrogen functional groups attached to an aromatic ring is 1. The molecule has 5 rings (SSSR count). The van der Waals surface area contributed by atoms with E-state index in [1.54, 1.807) is 0 Å². The lowest BCUT2D eigenvalue weighted by Crippen LogP contribution is -2.58. The number of likely N-dealkylation sites (tertiary alicyclic amines) is 2. The summed E-state index contributed by atoms with van der Waals surface area (Å²) in [4.78, 5) is 23.9. The molecule has 1 amide bonds. The van der Waals surface area contributed by atoms with E-state index in [1.165, 1.54) is 36.2 Å². The largest absolute Gasteiger partial charge is 0.375 e. The van der Waals surface area contributed by atoms with E-state index < -0.39 is 0 Å². The normalized spacial score (nSPS) is 33.5. The molecule has 3 fully saturated rings. The van der Waals surface area contributed by atoms with E-state index in [0.717, 1.165) is 29.8 Å². The molecule has 1 aromatic heterocycles. The number of nitrogens with two attached hydrogens (primary N) is 1. The third-order valence-corrected chi connectivity index (χ3v) is 9.03. The molecule has 2 N–H and O–H groups in total. The Morgan fingerprint density at radius 2 is 1.93 bits per heavy atom. The van der Waals surface area contributed by atoms with Gasteiger partial charge in [-0.2, -0.15) is 0 Å². The Morgan fingerprint density at radius 1 is 1.23 bits per heavy atom. The molecule has 3 heterocycles. The predicted molar refractivity (Wildman–Crippen MR) is 122 cm³/mol. The lowest BCUT2D eigenvalue weighted by Gasteiger charge is -2.49. The van der Waals surface area contributed by atoms with Crippen molar-refractivity contribution in [2.45, 2.75) is 76.5 Å². The van der Waals surface area contributed by atoms with Crippen LogP contribution in [0.4, 0.5) is 5.13 Å². The quantitative estimate of drug-likeness (QED) is 0.805. The highest BCUT2D eigenvalue weighted by Gasteiger charge is 2.62. The SMILES string of the molecule is Cc1nc(N)sc1C(=O)N1[C@H]2CCCC[C@H]3N(C)[C@@H](Cc4ccccc4)[C@@H]1C[C@@]23C. The van der Waals surface area contributed by atoms with Crippen LogP contribution in [0.2, 0.25) is 0 Å².